The number of amides is 1. The second kappa shape index (κ2) is 8.09. The van der Waals surface area contributed by atoms with Crippen molar-refractivity contribution in [3.63, 3.8) is 0 Å². The number of rotatable bonds is 7. The molecule has 1 fully saturated rings. The molecule has 0 aromatic carbocycles. The molecule has 1 unspecified atom stereocenters. The SMILES string of the molecule is CC1CCN(CC(O)CNC(=O)CCn2cncn2)CC1. The first kappa shape index (κ1) is 15.9. The first-order chi connectivity index (χ1) is 10.1. The van der Waals surface area contributed by atoms with Gasteiger partial charge in [0.15, 0.2) is 0 Å². The molecule has 1 saturated heterocycles. The van der Waals surface area contributed by atoms with Gasteiger partial charge >= 0.3 is 0 Å². The molecule has 1 amide bonds. The average molecular weight is 295 g/mol. The van der Waals surface area contributed by atoms with Crippen molar-refractivity contribution in [1.29, 1.82) is 0 Å². The molecule has 7 heteroatoms. The predicted molar refractivity (Wildman–Crippen MR) is 78.5 cm³/mol. The van der Waals surface area contributed by atoms with Gasteiger partial charge in [-0.1, -0.05) is 6.92 Å². The summed E-state index contributed by atoms with van der Waals surface area (Å²) in [4.78, 5) is 17.8. The number of aliphatic hydroxyl groups is 1. The third-order valence-corrected chi connectivity index (χ3v) is 3.91. The van der Waals surface area contributed by atoms with Crippen LogP contribution in [-0.4, -0.2) is 63.0 Å². The molecule has 0 saturated carbocycles. The van der Waals surface area contributed by atoms with Gasteiger partial charge in [-0.3, -0.25) is 9.48 Å². The van der Waals surface area contributed by atoms with Gasteiger partial charge in [-0.15, -0.1) is 0 Å². The van der Waals surface area contributed by atoms with Gasteiger partial charge in [-0.25, -0.2) is 4.98 Å². The van der Waals surface area contributed by atoms with Crippen LogP contribution in [0.25, 0.3) is 0 Å². The second-order valence-corrected chi connectivity index (χ2v) is 5.85. The van der Waals surface area contributed by atoms with Crippen LogP contribution in [0.4, 0.5) is 0 Å². The lowest BCUT2D eigenvalue weighted by molar-refractivity contribution is -0.121. The van der Waals surface area contributed by atoms with Gasteiger partial charge in [0.1, 0.15) is 12.7 Å². The highest BCUT2D eigenvalue weighted by Gasteiger charge is 2.18. The number of piperidine rings is 1. The molecule has 21 heavy (non-hydrogen) atoms. The Bertz CT molecular complexity index is 415. The van der Waals surface area contributed by atoms with E-state index < -0.39 is 6.10 Å². The first-order valence-corrected chi connectivity index (χ1v) is 7.63. The third kappa shape index (κ3) is 5.81. The lowest BCUT2D eigenvalue weighted by Crippen LogP contribution is -2.43. The molecule has 2 heterocycles. The van der Waals surface area contributed by atoms with Crippen molar-refractivity contribution in [3.8, 4) is 0 Å². The number of hydrogen-bond acceptors (Lipinski definition) is 5. The summed E-state index contributed by atoms with van der Waals surface area (Å²) in [6.07, 6.45) is 5.25. The summed E-state index contributed by atoms with van der Waals surface area (Å²) in [5, 5.41) is 16.7. The molecule has 118 valence electrons. The number of nitrogens with one attached hydrogen (secondary N) is 1. The van der Waals surface area contributed by atoms with Gasteiger partial charge in [-0.05, 0) is 31.8 Å². The molecular weight excluding hydrogens is 270 g/mol. The van der Waals surface area contributed by atoms with Gasteiger partial charge in [-0.2, -0.15) is 5.10 Å². The van der Waals surface area contributed by atoms with Crippen LogP contribution < -0.4 is 5.32 Å². The highest BCUT2D eigenvalue weighted by Crippen LogP contribution is 2.15. The van der Waals surface area contributed by atoms with E-state index in [9.17, 15) is 9.90 Å². The number of aromatic nitrogens is 3. The topological polar surface area (TPSA) is 83.3 Å². The van der Waals surface area contributed by atoms with Crippen LogP contribution >= 0.6 is 0 Å². The molecule has 2 N–H and O–H groups in total. The number of aryl methyl sites for hydroxylation is 1. The van der Waals surface area contributed by atoms with Crippen LogP contribution in [0.1, 0.15) is 26.2 Å². The first-order valence-electron chi connectivity index (χ1n) is 7.63. The van der Waals surface area contributed by atoms with E-state index in [4.69, 9.17) is 0 Å². The Hall–Kier alpha value is -1.47. The van der Waals surface area contributed by atoms with Crippen LogP contribution in [0.2, 0.25) is 0 Å². The van der Waals surface area contributed by atoms with E-state index >= 15 is 0 Å². The Morgan fingerprint density at radius 3 is 2.90 bits per heavy atom. The van der Waals surface area contributed by atoms with Crippen LogP contribution in [-0.2, 0) is 11.3 Å². The molecule has 2 rings (SSSR count). The van der Waals surface area contributed by atoms with Crippen LogP contribution in [0.15, 0.2) is 12.7 Å². The maximum absolute atomic E-state index is 11.7. The molecule has 0 bridgehead atoms. The summed E-state index contributed by atoms with van der Waals surface area (Å²) in [6, 6.07) is 0. The molecule has 1 aliphatic heterocycles. The van der Waals surface area contributed by atoms with Crippen LogP contribution in [0, 0.1) is 5.92 Å². The van der Waals surface area contributed by atoms with E-state index in [0.717, 1.165) is 19.0 Å². The van der Waals surface area contributed by atoms with E-state index in [0.29, 0.717) is 26.1 Å². The Morgan fingerprint density at radius 1 is 1.48 bits per heavy atom. The Balaban J connectivity index is 1.57. The minimum Gasteiger partial charge on any atom is -0.390 e. The van der Waals surface area contributed by atoms with Crippen molar-refractivity contribution >= 4 is 5.91 Å². The normalized spacial score (nSPS) is 18.6. The molecule has 0 aliphatic carbocycles. The molecule has 0 spiro atoms. The zero-order valence-corrected chi connectivity index (χ0v) is 12.6. The fourth-order valence-corrected chi connectivity index (χ4v) is 2.49. The van der Waals surface area contributed by atoms with Crippen molar-refractivity contribution in [3.05, 3.63) is 12.7 Å². The van der Waals surface area contributed by atoms with Crippen LogP contribution in [0.3, 0.4) is 0 Å². The second-order valence-electron chi connectivity index (χ2n) is 5.85. The molecule has 1 atom stereocenters. The number of carbonyl (C=O) groups excluding carboxylic acids is 1. The summed E-state index contributed by atoms with van der Waals surface area (Å²) in [5.41, 5.74) is 0. The molecule has 1 aromatic heterocycles. The third-order valence-electron chi connectivity index (χ3n) is 3.91. The number of aliphatic hydroxyl groups excluding tert-OH is 1. The summed E-state index contributed by atoms with van der Waals surface area (Å²) >= 11 is 0. The standard InChI is InChI=1S/C14H25N5O2/c1-12-2-5-18(6-3-12)9-13(20)8-16-14(21)4-7-19-11-15-10-17-19/h10-13,20H,2-9H2,1H3,(H,16,21). The lowest BCUT2D eigenvalue weighted by atomic mass is 9.99. The zero-order chi connectivity index (χ0) is 15.1. The zero-order valence-electron chi connectivity index (χ0n) is 12.6. The van der Waals surface area contributed by atoms with Crippen molar-refractivity contribution in [1.82, 2.24) is 25.0 Å². The predicted octanol–water partition coefficient (Wildman–Crippen LogP) is -0.123. The van der Waals surface area contributed by atoms with Crippen molar-refractivity contribution < 1.29 is 9.90 Å². The van der Waals surface area contributed by atoms with E-state index in [1.54, 1.807) is 11.0 Å². The minimum absolute atomic E-state index is 0.0724. The van der Waals surface area contributed by atoms with Crippen molar-refractivity contribution in [2.75, 3.05) is 26.2 Å². The van der Waals surface area contributed by atoms with E-state index in [1.807, 2.05) is 0 Å². The smallest absolute Gasteiger partial charge is 0.221 e. The number of β-amino-alcohol motifs (C(OH)–C–C–N with tert-alkyl or cyclic N) is 1. The maximum atomic E-state index is 11.7. The fourth-order valence-electron chi connectivity index (χ4n) is 2.49. The Kier molecular flexibility index (Phi) is 6.13. The van der Waals surface area contributed by atoms with Gasteiger partial charge in [0.05, 0.1) is 12.6 Å². The van der Waals surface area contributed by atoms with Gasteiger partial charge < -0.3 is 15.3 Å². The molecule has 1 aromatic rings. The Morgan fingerprint density at radius 2 is 2.24 bits per heavy atom. The van der Waals surface area contributed by atoms with Gasteiger partial charge in [0.2, 0.25) is 5.91 Å². The Labute approximate surface area is 125 Å². The van der Waals surface area contributed by atoms with Crippen molar-refractivity contribution in [2.24, 2.45) is 5.92 Å². The van der Waals surface area contributed by atoms with E-state index in [2.05, 4.69) is 27.2 Å². The monoisotopic (exact) mass is 295 g/mol. The van der Waals surface area contributed by atoms with Crippen molar-refractivity contribution in [2.45, 2.75) is 38.8 Å². The highest BCUT2D eigenvalue weighted by molar-refractivity contribution is 5.75. The minimum atomic E-state index is -0.506. The summed E-state index contributed by atoms with van der Waals surface area (Å²) < 4.78 is 1.62. The summed E-state index contributed by atoms with van der Waals surface area (Å²) in [5.74, 6) is 0.715. The van der Waals surface area contributed by atoms with E-state index in [-0.39, 0.29) is 5.91 Å². The van der Waals surface area contributed by atoms with Gasteiger partial charge in [0.25, 0.3) is 0 Å². The number of hydrogen-bond donors (Lipinski definition) is 2. The molecular formula is C14H25N5O2. The number of carbonyl (C=O) groups is 1. The average Bonchev–Trinajstić information content (AvgIpc) is 2.99. The van der Waals surface area contributed by atoms with E-state index in [1.165, 1.54) is 19.2 Å². The maximum Gasteiger partial charge on any atom is 0.221 e. The summed E-state index contributed by atoms with van der Waals surface area (Å²) in [7, 11) is 0. The van der Waals surface area contributed by atoms with Crippen LogP contribution in [0.5, 0.6) is 0 Å². The largest absolute Gasteiger partial charge is 0.390 e. The number of nitrogens with zero attached hydrogens (tertiary/aromatic N) is 4. The van der Waals surface area contributed by atoms with Gasteiger partial charge in [0, 0.05) is 19.5 Å². The summed E-state index contributed by atoms with van der Waals surface area (Å²) in [6.45, 7) is 5.80. The molecule has 1 aliphatic rings. The highest BCUT2D eigenvalue weighted by atomic mass is 16.3. The number of likely N-dealkylation sites (tertiary alicyclic amines) is 1. The molecule has 7 nitrogen and oxygen atoms in total. The quantitative estimate of drug-likeness (QED) is 0.732. The molecule has 0 radical (unpaired) electrons. The lowest BCUT2D eigenvalue weighted by Gasteiger charge is -2.31. The fraction of sp³-hybridized carbons (Fsp3) is 0.786.